The molecule has 1 heterocycles. The van der Waals surface area contributed by atoms with Crippen molar-refractivity contribution < 1.29 is 4.79 Å². The number of tetrazole rings is 1. The molecule has 1 aliphatic rings. The summed E-state index contributed by atoms with van der Waals surface area (Å²) in [5.74, 6) is 0.824. The molecule has 128 valence electrons. The van der Waals surface area contributed by atoms with E-state index in [9.17, 15) is 4.79 Å². The Kier molecular flexibility index (Phi) is 5.20. The third kappa shape index (κ3) is 3.97. The molecule has 1 amide bonds. The Morgan fingerprint density at radius 2 is 2.12 bits per heavy atom. The van der Waals surface area contributed by atoms with Crippen LogP contribution in [-0.4, -0.2) is 43.6 Å². The molecule has 1 atom stereocenters. The van der Waals surface area contributed by atoms with Crippen molar-refractivity contribution in [1.29, 1.82) is 0 Å². The molecule has 1 N–H and O–H groups in total. The number of carbonyl (C=O) groups excluding carboxylic acids is 1. The molecule has 1 aromatic carbocycles. The summed E-state index contributed by atoms with van der Waals surface area (Å²) in [5.41, 5.74) is 0.814. The second-order valence-corrected chi connectivity index (χ2v) is 6.27. The predicted molar refractivity (Wildman–Crippen MR) is 91.3 cm³/mol. The smallest absolute Gasteiger partial charge is 0.241 e. The van der Waals surface area contributed by atoms with E-state index in [2.05, 4.69) is 32.7 Å². The summed E-state index contributed by atoms with van der Waals surface area (Å²) in [6.45, 7) is 5.44. The number of nitrogens with one attached hydrogen (secondary N) is 1. The van der Waals surface area contributed by atoms with Crippen molar-refractivity contribution in [2.24, 2.45) is 0 Å². The van der Waals surface area contributed by atoms with Gasteiger partial charge in [-0.3, -0.25) is 9.69 Å². The van der Waals surface area contributed by atoms with E-state index in [1.165, 1.54) is 0 Å². The number of para-hydroxylation sites is 1. The fraction of sp³-hybridized carbons (Fsp3) is 0.529. The van der Waals surface area contributed by atoms with Crippen LogP contribution in [0.3, 0.4) is 0 Å². The Bertz CT molecular complexity index is 667. The fourth-order valence-corrected chi connectivity index (χ4v) is 2.73. The zero-order valence-corrected chi connectivity index (χ0v) is 14.2. The maximum absolute atomic E-state index is 12.6. The maximum Gasteiger partial charge on any atom is 0.241 e. The van der Waals surface area contributed by atoms with Crippen molar-refractivity contribution in [3.63, 3.8) is 0 Å². The van der Waals surface area contributed by atoms with Crippen LogP contribution in [0.25, 0.3) is 0 Å². The van der Waals surface area contributed by atoms with Gasteiger partial charge in [0.2, 0.25) is 5.91 Å². The molecule has 0 unspecified atom stereocenters. The predicted octanol–water partition coefficient (Wildman–Crippen LogP) is 2.25. The highest BCUT2D eigenvalue weighted by Crippen LogP contribution is 2.34. The monoisotopic (exact) mass is 328 g/mol. The number of carbonyl (C=O) groups is 1. The van der Waals surface area contributed by atoms with Crippen LogP contribution < -0.4 is 5.32 Å². The van der Waals surface area contributed by atoms with Crippen LogP contribution in [0, 0.1) is 0 Å². The van der Waals surface area contributed by atoms with E-state index in [1.54, 1.807) is 0 Å². The van der Waals surface area contributed by atoms with E-state index >= 15 is 0 Å². The third-order valence-corrected chi connectivity index (χ3v) is 4.28. The van der Waals surface area contributed by atoms with E-state index < -0.39 is 0 Å². The lowest BCUT2D eigenvalue weighted by atomic mass is 10.2. The molecule has 0 saturated heterocycles. The van der Waals surface area contributed by atoms with Gasteiger partial charge in [-0.15, -0.1) is 5.10 Å². The van der Waals surface area contributed by atoms with E-state index in [0.29, 0.717) is 12.6 Å². The quantitative estimate of drug-likeness (QED) is 0.804. The van der Waals surface area contributed by atoms with Gasteiger partial charge in [-0.05, 0) is 55.3 Å². The summed E-state index contributed by atoms with van der Waals surface area (Å²) in [7, 11) is 0. The highest BCUT2D eigenvalue weighted by Gasteiger charge is 2.29. The van der Waals surface area contributed by atoms with Gasteiger partial charge < -0.3 is 5.32 Å². The maximum atomic E-state index is 12.6. The summed E-state index contributed by atoms with van der Waals surface area (Å²) in [6.07, 6.45) is 3.24. The Labute approximate surface area is 142 Å². The van der Waals surface area contributed by atoms with Crippen molar-refractivity contribution in [3.05, 3.63) is 36.2 Å². The Hall–Kier alpha value is -2.28. The van der Waals surface area contributed by atoms with Gasteiger partial charge in [0, 0.05) is 5.69 Å². The topological polar surface area (TPSA) is 75.9 Å². The summed E-state index contributed by atoms with van der Waals surface area (Å²) < 4.78 is 1.91. The van der Waals surface area contributed by atoms with Gasteiger partial charge in [0.1, 0.15) is 0 Å². The van der Waals surface area contributed by atoms with Crippen molar-refractivity contribution >= 4 is 11.6 Å². The molecule has 1 fully saturated rings. The molecule has 0 aliphatic heterocycles. The van der Waals surface area contributed by atoms with Gasteiger partial charge in [0.15, 0.2) is 5.82 Å². The van der Waals surface area contributed by atoms with Crippen LogP contribution in [0.2, 0.25) is 0 Å². The van der Waals surface area contributed by atoms with Gasteiger partial charge >= 0.3 is 0 Å². The standard InChI is InChI=1S/C17H24N6O/c1-3-11-22(12-16-19-20-21-23(16)15-9-10-15)13(2)17(24)18-14-7-5-4-6-8-14/h4-8,13,15H,3,9-12H2,1-2H3,(H,18,24)/t13-/m1/s1. The number of hydrogen-bond donors (Lipinski definition) is 1. The number of benzene rings is 1. The minimum atomic E-state index is -0.255. The lowest BCUT2D eigenvalue weighted by Gasteiger charge is -2.27. The lowest BCUT2D eigenvalue weighted by Crippen LogP contribution is -2.42. The van der Waals surface area contributed by atoms with E-state index in [1.807, 2.05) is 41.9 Å². The highest BCUT2D eigenvalue weighted by atomic mass is 16.2. The van der Waals surface area contributed by atoms with E-state index in [-0.39, 0.29) is 11.9 Å². The molecule has 7 heteroatoms. The molecular weight excluding hydrogens is 304 g/mol. The van der Waals surface area contributed by atoms with Crippen LogP contribution in [0.5, 0.6) is 0 Å². The summed E-state index contributed by atoms with van der Waals surface area (Å²) in [5, 5.41) is 15.0. The first-order chi connectivity index (χ1) is 11.7. The van der Waals surface area contributed by atoms with Crippen molar-refractivity contribution in [1.82, 2.24) is 25.1 Å². The van der Waals surface area contributed by atoms with Crippen molar-refractivity contribution in [2.75, 3.05) is 11.9 Å². The Morgan fingerprint density at radius 3 is 2.79 bits per heavy atom. The number of anilines is 1. The molecular formula is C17H24N6O. The highest BCUT2D eigenvalue weighted by molar-refractivity contribution is 5.94. The van der Waals surface area contributed by atoms with Gasteiger partial charge in [0.25, 0.3) is 0 Å². The largest absolute Gasteiger partial charge is 0.325 e. The SMILES string of the molecule is CCCN(Cc1nnnn1C1CC1)[C@H](C)C(=O)Nc1ccccc1. The zero-order valence-electron chi connectivity index (χ0n) is 14.2. The third-order valence-electron chi connectivity index (χ3n) is 4.28. The molecule has 24 heavy (non-hydrogen) atoms. The molecule has 7 nitrogen and oxygen atoms in total. The number of rotatable bonds is 8. The first kappa shape index (κ1) is 16.6. The van der Waals surface area contributed by atoms with E-state index in [0.717, 1.165) is 37.3 Å². The normalized spacial score (nSPS) is 15.5. The number of nitrogens with zero attached hydrogens (tertiary/aromatic N) is 5. The van der Waals surface area contributed by atoms with Crippen molar-refractivity contribution in [3.8, 4) is 0 Å². The minimum Gasteiger partial charge on any atom is -0.325 e. The summed E-state index contributed by atoms with van der Waals surface area (Å²) in [6, 6.07) is 9.72. The number of aromatic nitrogens is 4. The zero-order chi connectivity index (χ0) is 16.9. The van der Waals surface area contributed by atoms with Gasteiger partial charge in [0.05, 0.1) is 18.6 Å². The van der Waals surface area contributed by atoms with Crippen LogP contribution in [0.15, 0.2) is 30.3 Å². The minimum absolute atomic E-state index is 0.0138. The lowest BCUT2D eigenvalue weighted by molar-refractivity contribution is -0.121. The number of hydrogen-bond acceptors (Lipinski definition) is 5. The molecule has 0 spiro atoms. The average Bonchev–Trinajstić information content (AvgIpc) is 3.34. The first-order valence-electron chi connectivity index (χ1n) is 8.55. The fourth-order valence-electron chi connectivity index (χ4n) is 2.73. The molecule has 1 saturated carbocycles. The van der Waals surface area contributed by atoms with Crippen LogP contribution in [0.1, 0.15) is 45.0 Å². The van der Waals surface area contributed by atoms with Crippen molar-refractivity contribution in [2.45, 2.75) is 51.7 Å². The van der Waals surface area contributed by atoms with Crippen LogP contribution >= 0.6 is 0 Å². The molecule has 2 aromatic rings. The van der Waals surface area contributed by atoms with Crippen LogP contribution in [0.4, 0.5) is 5.69 Å². The molecule has 3 rings (SSSR count). The molecule has 1 aromatic heterocycles. The molecule has 1 aliphatic carbocycles. The summed E-state index contributed by atoms with van der Waals surface area (Å²) in [4.78, 5) is 14.7. The summed E-state index contributed by atoms with van der Waals surface area (Å²) >= 11 is 0. The van der Waals surface area contributed by atoms with Crippen LogP contribution in [-0.2, 0) is 11.3 Å². The second kappa shape index (κ2) is 7.53. The first-order valence-corrected chi connectivity index (χ1v) is 8.55. The van der Waals surface area contributed by atoms with Gasteiger partial charge in [-0.1, -0.05) is 25.1 Å². The Morgan fingerprint density at radius 1 is 1.38 bits per heavy atom. The average molecular weight is 328 g/mol. The van der Waals surface area contributed by atoms with E-state index in [4.69, 9.17) is 0 Å². The van der Waals surface area contributed by atoms with Gasteiger partial charge in [-0.25, -0.2) is 4.68 Å². The second-order valence-electron chi connectivity index (χ2n) is 6.27. The van der Waals surface area contributed by atoms with Gasteiger partial charge in [-0.2, -0.15) is 0 Å². The molecule has 0 bridgehead atoms. The molecule has 0 radical (unpaired) electrons. The Balaban J connectivity index is 1.67. The number of amides is 1.